The molecule has 0 spiro atoms. The van der Waals surface area contributed by atoms with Crippen LogP contribution in [0.5, 0.6) is 5.75 Å². The lowest BCUT2D eigenvalue weighted by Crippen LogP contribution is -2.10. The maximum Gasteiger partial charge on any atom is 0.344 e. The quantitative estimate of drug-likeness (QED) is 0.231. The number of hydrogen-bond donors (Lipinski definition) is 0. The largest absolute Gasteiger partial charge is 0.460 e. The number of halogens is 2. The molecule has 0 unspecified atom stereocenters. The zero-order valence-corrected chi connectivity index (χ0v) is 18.4. The maximum absolute atomic E-state index is 13.0. The van der Waals surface area contributed by atoms with Crippen LogP contribution >= 0.6 is 31.9 Å². The third-order valence-electron chi connectivity index (χ3n) is 4.48. The molecule has 29 heavy (non-hydrogen) atoms. The van der Waals surface area contributed by atoms with Crippen molar-refractivity contribution in [2.45, 2.75) is 6.92 Å². The van der Waals surface area contributed by atoms with Crippen LogP contribution in [0.4, 0.5) is 0 Å². The molecular weight excluding hydrogens is 500 g/mol. The van der Waals surface area contributed by atoms with E-state index in [2.05, 4.69) is 31.9 Å². The second-order valence-corrected chi connectivity index (χ2v) is 8.17. The molecule has 0 atom stereocenters. The van der Waals surface area contributed by atoms with E-state index in [1.807, 2.05) is 30.3 Å². The highest BCUT2D eigenvalue weighted by Gasteiger charge is 2.16. The van der Waals surface area contributed by atoms with E-state index < -0.39 is 5.97 Å². The first-order valence-electron chi connectivity index (χ1n) is 8.74. The first kappa shape index (κ1) is 19.6. The Balaban J connectivity index is 1.73. The fraction of sp³-hybridized carbons (Fsp3) is 0.0435. The lowest BCUT2D eigenvalue weighted by Gasteiger charge is -2.09. The van der Waals surface area contributed by atoms with E-state index in [1.54, 1.807) is 43.3 Å². The van der Waals surface area contributed by atoms with E-state index in [9.17, 15) is 9.59 Å². The smallest absolute Gasteiger partial charge is 0.344 e. The van der Waals surface area contributed by atoms with Gasteiger partial charge in [-0.3, -0.25) is 4.79 Å². The van der Waals surface area contributed by atoms with Gasteiger partial charge in [0.05, 0.1) is 16.5 Å². The Morgan fingerprint density at radius 2 is 1.69 bits per heavy atom. The third-order valence-corrected chi connectivity index (χ3v) is 5.70. The first-order chi connectivity index (χ1) is 13.9. The van der Waals surface area contributed by atoms with Crippen molar-refractivity contribution in [3.63, 3.8) is 0 Å². The molecule has 0 N–H and O–H groups in total. The molecule has 0 aliphatic rings. The number of aryl methyl sites for hydroxylation is 1. The van der Waals surface area contributed by atoms with Crippen molar-refractivity contribution in [3.05, 3.63) is 97.2 Å². The fourth-order valence-electron chi connectivity index (χ4n) is 3.09. The summed E-state index contributed by atoms with van der Waals surface area (Å²) in [5.41, 5.74) is 1.95. The van der Waals surface area contributed by atoms with Gasteiger partial charge in [0.25, 0.3) is 0 Å². The Bertz CT molecular complexity index is 1290. The molecule has 0 aliphatic carbocycles. The summed E-state index contributed by atoms with van der Waals surface area (Å²) < 4.78 is 12.9. The Labute approximate surface area is 183 Å². The fourth-order valence-corrected chi connectivity index (χ4v) is 3.80. The molecule has 0 radical (unpaired) electrons. The normalized spacial score (nSPS) is 10.9. The molecule has 0 amide bonds. The summed E-state index contributed by atoms with van der Waals surface area (Å²) >= 11 is 6.74. The van der Waals surface area contributed by atoms with Crippen molar-refractivity contribution in [3.8, 4) is 16.9 Å². The molecule has 6 heteroatoms. The molecule has 3 aromatic carbocycles. The van der Waals surface area contributed by atoms with Crippen LogP contribution in [0.15, 0.2) is 84.9 Å². The monoisotopic (exact) mass is 512 g/mol. The molecule has 0 bridgehead atoms. The predicted octanol–water partition coefficient (Wildman–Crippen LogP) is 6.51. The summed E-state index contributed by atoms with van der Waals surface area (Å²) in [5.74, 6) is 0.304. The molecule has 0 fully saturated rings. The van der Waals surface area contributed by atoms with Crippen LogP contribution in [-0.4, -0.2) is 5.97 Å². The lowest BCUT2D eigenvalue weighted by atomic mass is 10.0. The zero-order valence-electron chi connectivity index (χ0n) is 15.2. The third kappa shape index (κ3) is 3.91. The van der Waals surface area contributed by atoms with Crippen molar-refractivity contribution in [2.75, 3.05) is 0 Å². The van der Waals surface area contributed by atoms with E-state index in [-0.39, 0.29) is 5.43 Å². The van der Waals surface area contributed by atoms with Crippen LogP contribution in [0.3, 0.4) is 0 Å². The van der Waals surface area contributed by atoms with E-state index in [1.165, 1.54) is 0 Å². The number of carbonyl (C=O) groups is 1. The van der Waals surface area contributed by atoms with Gasteiger partial charge in [-0.1, -0.05) is 40.2 Å². The van der Waals surface area contributed by atoms with Crippen LogP contribution < -0.4 is 10.2 Å². The van der Waals surface area contributed by atoms with Gasteiger partial charge >= 0.3 is 5.97 Å². The summed E-state index contributed by atoms with van der Waals surface area (Å²) in [6, 6.07) is 19.3. The average molecular weight is 514 g/mol. The number of rotatable bonds is 3. The van der Waals surface area contributed by atoms with Gasteiger partial charge < -0.3 is 9.15 Å². The highest BCUT2D eigenvalue weighted by Crippen LogP contribution is 2.28. The standard InChI is InChI=1S/C23H14Br2O4/c1-13-21(14-6-8-15(24)9-7-14)22(26)18-11-10-16(12-20(18)28-13)29-23(27)17-4-2-3-5-19(17)25/h2-12H,1H3. The van der Waals surface area contributed by atoms with E-state index in [0.717, 1.165) is 10.0 Å². The second-order valence-electron chi connectivity index (χ2n) is 6.40. The Morgan fingerprint density at radius 1 is 0.966 bits per heavy atom. The number of hydrogen-bond acceptors (Lipinski definition) is 4. The van der Waals surface area contributed by atoms with Crippen molar-refractivity contribution in [1.29, 1.82) is 0 Å². The number of benzene rings is 3. The minimum atomic E-state index is -0.498. The van der Waals surface area contributed by atoms with Crippen LogP contribution in [0.25, 0.3) is 22.1 Å². The van der Waals surface area contributed by atoms with E-state index in [0.29, 0.717) is 38.1 Å². The topological polar surface area (TPSA) is 56.5 Å². The van der Waals surface area contributed by atoms with Crippen LogP contribution in [0.1, 0.15) is 16.1 Å². The minimum absolute atomic E-state index is 0.130. The Kier molecular flexibility index (Phi) is 5.39. The summed E-state index contributed by atoms with van der Waals surface area (Å²) in [6.45, 7) is 1.75. The SMILES string of the molecule is Cc1oc2cc(OC(=O)c3ccccc3Br)ccc2c(=O)c1-c1ccc(Br)cc1. The molecule has 0 saturated heterocycles. The molecule has 144 valence electrons. The van der Waals surface area contributed by atoms with Gasteiger partial charge in [0.1, 0.15) is 17.1 Å². The predicted molar refractivity (Wildman–Crippen MR) is 119 cm³/mol. The molecule has 4 rings (SSSR count). The van der Waals surface area contributed by atoms with Gasteiger partial charge in [-0.15, -0.1) is 0 Å². The summed E-state index contributed by atoms with van der Waals surface area (Å²) in [4.78, 5) is 25.5. The molecule has 0 saturated carbocycles. The van der Waals surface area contributed by atoms with Crippen molar-refractivity contribution in [1.82, 2.24) is 0 Å². The van der Waals surface area contributed by atoms with Gasteiger partial charge in [-0.2, -0.15) is 0 Å². The Morgan fingerprint density at radius 3 is 2.41 bits per heavy atom. The Hall–Kier alpha value is -2.70. The van der Waals surface area contributed by atoms with Gasteiger partial charge in [-0.25, -0.2) is 4.79 Å². The van der Waals surface area contributed by atoms with Gasteiger partial charge in [0.2, 0.25) is 5.43 Å². The van der Waals surface area contributed by atoms with E-state index in [4.69, 9.17) is 9.15 Å². The van der Waals surface area contributed by atoms with Gasteiger partial charge in [0, 0.05) is 15.0 Å². The number of esters is 1. The lowest BCUT2D eigenvalue weighted by molar-refractivity contribution is 0.0734. The summed E-state index contributed by atoms with van der Waals surface area (Å²) in [5, 5.41) is 0.425. The highest BCUT2D eigenvalue weighted by molar-refractivity contribution is 9.10. The molecule has 0 aliphatic heterocycles. The van der Waals surface area contributed by atoms with Crippen LogP contribution in [0, 0.1) is 6.92 Å². The molecule has 4 aromatic rings. The summed E-state index contributed by atoms with van der Waals surface area (Å²) in [7, 11) is 0. The molecule has 1 aromatic heterocycles. The van der Waals surface area contributed by atoms with Gasteiger partial charge in [0.15, 0.2) is 0 Å². The summed E-state index contributed by atoms with van der Waals surface area (Å²) in [6.07, 6.45) is 0. The van der Waals surface area contributed by atoms with Gasteiger partial charge in [-0.05, 0) is 64.8 Å². The number of carbonyl (C=O) groups excluding carboxylic acids is 1. The molecular formula is C23H14Br2O4. The first-order valence-corrected chi connectivity index (χ1v) is 10.3. The van der Waals surface area contributed by atoms with Crippen LogP contribution in [-0.2, 0) is 0 Å². The van der Waals surface area contributed by atoms with E-state index >= 15 is 0 Å². The number of ether oxygens (including phenoxy) is 1. The number of fused-ring (bicyclic) bond motifs is 1. The molecule has 1 heterocycles. The zero-order chi connectivity index (χ0) is 20.5. The van der Waals surface area contributed by atoms with Crippen molar-refractivity contribution >= 4 is 48.8 Å². The van der Waals surface area contributed by atoms with Crippen molar-refractivity contribution in [2.24, 2.45) is 0 Å². The molecule has 4 nitrogen and oxygen atoms in total. The average Bonchev–Trinajstić information content (AvgIpc) is 2.69. The van der Waals surface area contributed by atoms with Crippen LogP contribution in [0.2, 0.25) is 0 Å². The second kappa shape index (κ2) is 7.97. The minimum Gasteiger partial charge on any atom is -0.460 e. The van der Waals surface area contributed by atoms with Crippen molar-refractivity contribution < 1.29 is 13.9 Å². The highest BCUT2D eigenvalue weighted by atomic mass is 79.9. The maximum atomic E-state index is 13.0.